The lowest BCUT2D eigenvalue weighted by molar-refractivity contribution is 0.0896. The van der Waals surface area contributed by atoms with Gasteiger partial charge in [-0.15, -0.1) is 0 Å². The lowest BCUT2D eigenvalue weighted by atomic mass is 10.1. The van der Waals surface area contributed by atoms with Gasteiger partial charge in [-0.2, -0.15) is 0 Å². The van der Waals surface area contributed by atoms with E-state index in [-0.39, 0.29) is 0 Å². The van der Waals surface area contributed by atoms with Crippen LogP contribution in [0, 0.1) is 0 Å². The maximum Gasteiger partial charge on any atom is 0.157 e. The predicted octanol–water partition coefficient (Wildman–Crippen LogP) is 1.63. The summed E-state index contributed by atoms with van der Waals surface area (Å²) in [7, 11) is 0. The Balaban J connectivity index is 1.79. The highest BCUT2D eigenvalue weighted by atomic mass is 32.2. The Labute approximate surface area is 89.7 Å². The molecule has 0 amide bonds. The first-order valence-corrected chi connectivity index (χ1v) is 6.23. The molecule has 14 heavy (non-hydrogen) atoms. The highest BCUT2D eigenvalue weighted by Gasteiger charge is 2.24. The van der Waals surface area contributed by atoms with Crippen molar-refractivity contribution in [3.8, 4) is 0 Å². The largest absolute Gasteiger partial charge is 0.376 e. The van der Waals surface area contributed by atoms with E-state index in [1.54, 1.807) is 0 Å². The lowest BCUT2D eigenvalue weighted by Gasteiger charge is -2.20. The highest BCUT2D eigenvalue weighted by molar-refractivity contribution is 8.14. The molecule has 2 rings (SSSR count). The Kier molecular flexibility index (Phi) is 3.34. The highest BCUT2D eigenvalue weighted by Crippen LogP contribution is 2.21. The van der Waals surface area contributed by atoms with Gasteiger partial charge >= 0.3 is 0 Å². The molecule has 1 saturated heterocycles. The van der Waals surface area contributed by atoms with E-state index in [1.807, 2.05) is 11.8 Å². The van der Waals surface area contributed by atoms with Crippen LogP contribution >= 0.6 is 11.8 Å². The molecule has 1 fully saturated rings. The summed E-state index contributed by atoms with van der Waals surface area (Å²) in [4.78, 5) is 4.44. The maximum atomic E-state index is 5.63. The van der Waals surface area contributed by atoms with Crippen LogP contribution in [0.3, 0.4) is 0 Å². The Morgan fingerprint density at radius 3 is 3.07 bits per heavy atom. The molecule has 80 valence electrons. The summed E-state index contributed by atoms with van der Waals surface area (Å²) in [5.74, 6) is 0. The summed E-state index contributed by atoms with van der Waals surface area (Å²) < 4.78 is 5.63. The van der Waals surface area contributed by atoms with Crippen molar-refractivity contribution in [3.63, 3.8) is 0 Å². The van der Waals surface area contributed by atoms with Crippen LogP contribution in [0.4, 0.5) is 0 Å². The van der Waals surface area contributed by atoms with Crippen molar-refractivity contribution in [2.45, 2.75) is 44.1 Å². The fourth-order valence-electron chi connectivity index (χ4n) is 1.84. The molecule has 3 atom stereocenters. The minimum absolute atomic E-state index is 0.384. The quantitative estimate of drug-likeness (QED) is 0.758. The first-order chi connectivity index (χ1) is 6.75. The standard InChI is InChI=1S/C10H18N2OS/c1-7-6-11-10(14-7)12-8(2)9-4-3-5-13-9/h7-9H,3-6H2,1-2H3,(H,11,12). The molecule has 0 aliphatic carbocycles. The van der Waals surface area contributed by atoms with Crippen LogP contribution in [0.25, 0.3) is 0 Å². The van der Waals surface area contributed by atoms with Gasteiger partial charge in [-0.25, -0.2) is 0 Å². The third-order valence-electron chi connectivity index (χ3n) is 2.68. The molecule has 3 nitrogen and oxygen atoms in total. The lowest BCUT2D eigenvalue weighted by Crippen LogP contribution is -2.39. The predicted molar refractivity (Wildman–Crippen MR) is 60.9 cm³/mol. The number of amidine groups is 1. The number of rotatable bonds is 2. The number of nitrogens with one attached hydrogen (secondary N) is 1. The molecule has 0 spiro atoms. The summed E-state index contributed by atoms with van der Waals surface area (Å²) in [6.07, 6.45) is 2.77. The van der Waals surface area contributed by atoms with E-state index >= 15 is 0 Å². The van der Waals surface area contributed by atoms with Crippen LogP contribution in [0.1, 0.15) is 26.7 Å². The van der Waals surface area contributed by atoms with E-state index in [4.69, 9.17) is 4.74 Å². The van der Waals surface area contributed by atoms with Gasteiger partial charge in [-0.3, -0.25) is 4.99 Å². The molecule has 0 aromatic rings. The molecule has 3 unspecified atom stereocenters. The smallest absolute Gasteiger partial charge is 0.157 e. The normalized spacial score (nSPS) is 34.3. The van der Waals surface area contributed by atoms with Crippen LogP contribution in [-0.2, 0) is 4.74 Å². The zero-order valence-corrected chi connectivity index (χ0v) is 9.64. The molecule has 2 heterocycles. The van der Waals surface area contributed by atoms with E-state index in [0.717, 1.165) is 18.3 Å². The molecule has 0 saturated carbocycles. The topological polar surface area (TPSA) is 33.6 Å². The summed E-state index contributed by atoms with van der Waals surface area (Å²) in [6.45, 7) is 6.26. The van der Waals surface area contributed by atoms with Crippen molar-refractivity contribution in [3.05, 3.63) is 0 Å². The zero-order valence-electron chi connectivity index (χ0n) is 8.82. The van der Waals surface area contributed by atoms with Crippen LogP contribution in [0.5, 0.6) is 0 Å². The summed E-state index contributed by atoms with van der Waals surface area (Å²) in [5.41, 5.74) is 0. The number of aliphatic imine (C=N–C) groups is 1. The van der Waals surface area contributed by atoms with Crippen molar-refractivity contribution in [2.75, 3.05) is 13.2 Å². The molecule has 0 aromatic carbocycles. The zero-order chi connectivity index (χ0) is 9.97. The van der Waals surface area contributed by atoms with Gasteiger partial charge in [-0.05, 0) is 19.8 Å². The Morgan fingerprint density at radius 1 is 1.64 bits per heavy atom. The van der Waals surface area contributed by atoms with Gasteiger partial charge in [-0.1, -0.05) is 18.7 Å². The molecule has 2 aliphatic heterocycles. The number of hydrogen-bond donors (Lipinski definition) is 1. The van der Waals surface area contributed by atoms with E-state index in [1.165, 1.54) is 12.8 Å². The van der Waals surface area contributed by atoms with Crippen LogP contribution in [0.2, 0.25) is 0 Å². The Hall–Kier alpha value is -0.220. The fraction of sp³-hybridized carbons (Fsp3) is 0.900. The monoisotopic (exact) mass is 214 g/mol. The SMILES string of the molecule is CC1CN=C(NC(C)C2CCCO2)S1. The van der Waals surface area contributed by atoms with Crippen molar-refractivity contribution in [1.29, 1.82) is 0 Å². The number of nitrogens with zero attached hydrogens (tertiary/aromatic N) is 1. The Morgan fingerprint density at radius 2 is 2.50 bits per heavy atom. The van der Waals surface area contributed by atoms with E-state index < -0.39 is 0 Å². The summed E-state index contributed by atoms with van der Waals surface area (Å²) in [6, 6.07) is 0.397. The van der Waals surface area contributed by atoms with Crippen molar-refractivity contribution in [2.24, 2.45) is 4.99 Å². The van der Waals surface area contributed by atoms with Crippen LogP contribution in [-0.4, -0.2) is 35.7 Å². The van der Waals surface area contributed by atoms with Gasteiger partial charge in [0.25, 0.3) is 0 Å². The van der Waals surface area contributed by atoms with Gasteiger partial charge < -0.3 is 10.1 Å². The van der Waals surface area contributed by atoms with Gasteiger partial charge in [0.15, 0.2) is 5.17 Å². The molecular weight excluding hydrogens is 196 g/mol. The first kappa shape index (κ1) is 10.3. The number of ether oxygens (including phenoxy) is 1. The third-order valence-corrected chi connectivity index (χ3v) is 3.70. The average molecular weight is 214 g/mol. The molecule has 0 aromatic heterocycles. The molecule has 0 radical (unpaired) electrons. The van der Waals surface area contributed by atoms with Gasteiger partial charge in [0.1, 0.15) is 0 Å². The number of hydrogen-bond acceptors (Lipinski definition) is 4. The van der Waals surface area contributed by atoms with E-state index in [2.05, 4.69) is 24.2 Å². The number of thioether (sulfide) groups is 1. The van der Waals surface area contributed by atoms with Gasteiger partial charge in [0.2, 0.25) is 0 Å². The van der Waals surface area contributed by atoms with Crippen LogP contribution < -0.4 is 5.32 Å². The second-order valence-corrected chi connectivity index (χ2v) is 5.49. The minimum atomic E-state index is 0.384. The first-order valence-electron chi connectivity index (χ1n) is 5.35. The van der Waals surface area contributed by atoms with Crippen molar-refractivity contribution >= 4 is 16.9 Å². The Bertz CT molecular complexity index is 226. The van der Waals surface area contributed by atoms with Crippen molar-refractivity contribution < 1.29 is 4.74 Å². The molecule has 1 N–H and O–H groups in total. The van der Waals surface area contributed by atoms with E-state index in [0.29, 0.717) is 17.4 Å². The summed E-state index contributed by atoms with van der Waals surface area (Å²) in [5, 5.41) is 5.17. The average Bonchev–Trinajstić information content (AvgIpc) is 2.75. The third kappa shape index (κ3) is 2.42. The van der Waals surface area contributed by atoms with E-state index in [9.17, 15) is 0 Å². The van der Waals surface area contributed by atoms with Gasteiger partial charge in [0.05, 0.1) is 18.7 Å². The second kappa shape index (κ2) is 4.53. The molecule has 0 bridgehead atoms. The molecular formula is C10H18N2OS. The second-order valence-electron chi connectivity index (χ2n) is 4.06. The summed E-state index contributed by atoms with van der Waals surface area (Å²) >= 11 is 1.84. The fourth-order valence-corrected chi connectivity index (χ4v) is 2.77. The van der Waals surface area contributed by atoms with Crippen LogP contribution in [0.15, 0.2) is 4.99 Å². The molecule has 2 aliphatic rings. The maximum absolute atomic E-state index is 5.63. The molecule has 4 heteroatoms. The minimum Gasteiger partial charge on any atom is -0.376 e. The van der Waals surface area contributed by atoms with Gasteiger partial charge in [0, 0.05) is 11.9 Å². The van der Waals surface area contributed by atoms with Crippen molar-refractivity contribution in [1.82, 2.24) is 5.32 Å².